The number of hydrogen-bond donors (Lipinski definition) is 0. The van der Waals surface area contributed by atoms with Crippen molar-refractivity contribution in [2.75, 3.05) is 11.9 Å². The standard InChI is InChI=1S/C55H38N2S/c1-57-51(33-56-53-47-23-8-6-20-41(47)42-21-7-9-24-48(42)54(53)57)35-15-12-14-34(32-35)36-28-29-43(38-17-3-2-16-37(36)38)44-30-31-45(40-19-5-4-18-39(40)44)49-25-13-26-50-46-22-10-11-27-52(46)58-55(49)50/h2-33,49,51,55H,1H3. The van der Waals surface area contributed by atoms with Gasteiger partial charge in [0.1, 0.15) is 0 Å². The highest BCUT2D eigenvalue weighted by molar-refractivity contribution is 8.01. The van der Waals surface area contributed by atoms with E-state index in [1.807, 2.05) is 11.8 Å². The molecule has 9 aromatic rings. The zero-order valence-corrected chi connectivity index (χ0v) is 32.8. The lowest BCUT2D eigenvalue weighted by Gasteiger charge is -2.34. The number of benzene rings is 9. The lowest BCUT2D eigenvalue weighted by molar-refractivity contribution is 0.857. The van der Waals surface area contributed by atoms with E-state index >= 15 is 0 Å². The van der Waals surface area contributed by atoms with Gasteiger partial charge < -0.3 is 4.90 Å². The van der Waals surface area contributed by atoms with Crippen molar-refractivity contribution in [3.63, 3.8) is 0 Å². The molecule has 0 bridgehead atoms. The first-order valence-corrected chi connectivity index (χ1v) is 21.1. The fraction of sp³-hybridized carbons (Fsp3) is 0.0727. The molecular weight excluding hydrogens is 721 g/mol. The highest BCUT2D eigenvalue weighted by Crippen LogP contribution is 2.54. The third kappa shape index (κ3) is 5.03. The zero-order valence-electron chi connectivity index (χ0n) is 32.0. The van der Waals surface area contributed by atoms with E-state index in [9.17, 15) is 0 Å². The van der Waals surface area contributed by atoms with E-state index in [-0.39, 0.29) is 6.04 Å². The van der Waals surface area contributed by atoms with Gasteiger partial charge in [-0.3, -0.25) is 4.99 Å². The lowest BCUT2D eigenvalue weighted by Crippen LogP contribution is -2.28. The molecule has 0 fully saturated rings. The Morgan fingerprint density at radius 3 is 1.91 bits per heavy atom. The monoisotopic (exact) mass is 758 g/mol. The third-order valence-electron chi connectivity index (χ3n) is 12.7. The number of thioether (sulfide) groups is 1. The van der Waals surface area contributed by atoms with E-state index in [0.717, 1.165) is 5.69 Å². The maximum absolute atomic E-state index is 5.19. The average molecular weight is 759 g/mol. The van der Waals surface area contributed by atoms with Gasteiger partial charge in [-0.1, -0.05) is 176 Å². The summed E-state index contributed by atoms with van der Waals surface area (Å²) in [6.45, 7) is 0. The Morgan fingerprint density at radius 1 is 0.517 bits per heavy atom. The number of anilines is 1. The van der Waals surface area contributed by atoms with Crippen molar-refractivity contribution >= 4 is 78.0 Å². The summed E-state index contributed by atoms with van der Waals surface area (Å²) >= 11 is 2.01. The molecule has 12 rings (SSSR count). The molecule has 0 saturated carbocycles. The Hall–Kier alpha value is -6.68. The van der Waals surface area contributed by atoms with Gasteiger partial charge in [-0.25, -0.2) is 0 Å². The first kappa shape index (κ1) is 33.5. The minimum atomic E-state index is -0.00480. The normalized spacial score (nSPS) is 18.1. The number of nitrogens with zero attached hydrogens (tertiary/aromatic N) is 2. The fourth-order valence-corrected chi connectivity index (χ4v) is 11.5. The van der Waals surface area contributed by atoms with Gasteiger partial charge in [0.2, 0.25) is 0 Å². The molecule has 0 N–H and O–H groups in total. The summed E-state index contributed by atoms with van der Waals surface area (Å²) < 4.78 is 0. The predicted molar refractivity (Wildman–Crippen MR) is 249 cm³/mol. The molecule has 274 valence electrons. The van der Waals surface area contributed by atoms with Gasteiger partial charge in [0.25, 0.3) is 0 Å². The molecule has 0 radical (unpaired) electrons. The minimum absolute atomic E-state index is 0.00480. The zero-order chi connectivity index (χ0) is 38.3. The highest BCUT2D eigenvalue weighted by atomic mass is 32.2. The van der Waals surface area contributed by atoms with Crippen LogP contribution < -0.4 is 4.90 Å². The van der Waals surface area contributed by atoms with Crippen molar-refractivity contribution in [2.45, 2.75) is 22.1 Å². The van der Waals surface area contributed by atoms with E-state index in [0.29, 0.717) is 11.2 Å². The van der Waals surface area contributed by atoms with Crippen molar-refractivity contribution < 1.29 is 0 Å². The number of fused-ring (bicyclic) bond motifs is 11. The summed E-state index contributed by atoms with van der Waals surface area (Å²) in [6.07, 6.45) is 9.13. The van der Waals surface area contributed by atoms with Gasteiger partial charge >= 0.3 is 0 Å². The summed E-state index contributed by atoms with van der Waals surface area (Å²) in [5, 5.41) is 10.4. The van der Waals surface area contributed by atoms with Gasteiger partial charge in [-0.05, 0) is 89.0 Å². The van der Waals surface area contributed by atoms with Crippen LogP contribution in [0.5, 0.6) is 0 Å². The van der Waals surface area contributed by atoms with Crippen molar-refractivity contribution in [2.24, 2.45) is 4.99 Å². The lowest BCUT2D eigenvalue weighted by atomic mass is 9.81. The van der Waals surface area contributed by atoms with Gasteiger partial charge in [-0.15, -0.1) is 11.8 Å². The molecule has 3 heteroatoms. The van der Waals surface area contributed by atoms with Crippen LogP contribution in [-0.4, -0.2) is 18.5 Å². The molecule has 58 heavy (non-hydrogen) atoms. The second-order valence-electron chi connectivity index (χ2n) is 15.8. The Labute approximate surface area is 342 Å². The van der Waals surface area contributed by atoms with Gasteiger partial charge in [0.05, 0.1) is 17.4 Å². The minimum Gasteiger partial charge on any atom is -0.360 e. The summed E-state index contributed by atoms with van der Waals surface area (Å²) in [5.74, 6) is 0.294. The van der Waals surface area contributed by atoms with Crippen LogP contribution in [0.4, 0.5) is 11.4 Å². The van der Waals surface area contributed by atoms with E-state index in [1.165, 1.54) is 98.2 Å². The average Bonchev–Trinajstić information content (AvgIpc) is 3.68. The molecule has 0 saturated heterocycles. The highest BCUT2D eigenvalue weighted by Gasteiger charge is 2.35. The van der Waals surface area contributed by atoms with Crippen LogP contribution in [-0.2, 0) is 0 Å². The molecule has 0 aromatic heterocycles. The second-order valence-corrected chi connectivity index (χ2v) is 17.0. The largest absolute Gasteiger partial charge is 0.360 e. The fourth-order valence-electron chi connectivity index (χ4n) is 10.1. The number of allylic oxidation sites excluding steroid dienone is 3. The molecule has 9 aromatic carbocycles. The van der Waals surface area contributed by atoms with Crippen LogP contribution in [0.3, 0.4) is 0 Å². The summed E-state index contributed by atoms with van der Waals surface area (Å²) in [7, 11) is 2.22. The quantitative estimate of drug-likeness (QED) is 0.166. The topological polar surface area (TPSA) is 15.6 Å². The molecule has 3 unspecified atom stereocenters. The van der Waals surface area contributed by atoms with Crippen molar-refractivity contribution in [1.82, 2.24) is 0 Å². The van der Waals surface area contributed by atoms with E-state index in [2.05, 4.69) is 206 Å². The molecule has 0 amide bonds. The van der Waals surface area contributed by atoms with Crippen LogP contribution in [0.1, 0.15) is 28.7 Å². The molecule has 3 atom stereocenters. The number of rotatable bonds is 4. The molecule has 0 spiro atoms. The molecule has 2 aliphatic heterocycles. The predicted octanol–water partition coefficient (Wildman–Crippen LogP) is 14.7. The maximum atomic E-state index is 5.19. The maximum Gasteiger partial charge on any atom is 0.0945 e. The van der Waals surface area contributed by atoms with Gasteiger partial charge in [0.15, 0.2) is 0 Å². The van der Waals surface area contributed by atoms with Gasteiger partial charge in [-0.2, -0.15) is 0 Å². The van der Waals surface area contributed by atoms with Crippen LogP contribution in [0.25, 0.3) is 70.9 Å². The summed E-state index contributed by atoms with van der Waals surface area (Å²) in [6, 6.07) is 62.8. The van der Waals surface area contributed by atoms with Crippen molar-refractivity contribution in [3.8, 4) is 22.3 Å². The van der Waals surface area contributed by atoms with E-state index in [1.54, 1.807) is 0 Å². The third-order valence-corrected chi connectivity index (χ3v) is 14.2. The Morgan fingerprint density at radius 2 is 1.12 bits per heavy atom. The molecule has 3 aliphatic rings. The van der Waals surface area contributed by atoms with Gasteiger partial charge in [0, 0.05) is 40.1 Å². The van der Waals surface area contributed by atoms with E-state index in [4.69, 9.17) is 4.99 Å². The smallest absolute Gasteiger partial charge is 0.0945 e. The van der Waals surface area contributed by atoms with Crippen molar-refractivity contribution in [1.29, 1.82) is 0 Å². The first-order chi connectivity index (χ1) is 28.7. The Bertz CT molecular complexity index is 3260. The summed E-state index contributed by atoms with van der Waals surface area (Å²) in [4.78, 5) is 8.99. The molecule has 2 heterocycles. The number of aliphatic imine (C=N–C) groups is 1. The SMILES string of the molecule is CN1c2c(c3ccccc3c3ccccc23)N=CC1c1cccc(-c2ccc(-c3ccc(C4C=CC=C5c6ccccc6SC54)c4ccccc34)c3ccccc23)c1. The van der Waals surface area contributed by atoms with Crippen LogP contribution >= 0.6 is 11.8 Å². The van der Waals surface area contributed by atoms with Crippen LogP contribution in [0, 0.1) is 0 Å². The molecule has 1 aliphatic carbocycles. The van der Waals surface area contributed by atoms with Crippen molar-refractivity contribution in [3.05, 3.63) is 205 Å². The van der Waals surface area contributed by atoms with Crippen LogP contribution in [0.15, 0.2) is 198 Å². The molecule has 2 nitrogen and oxygen atoms in total. The first-order valence-electron chi connectivity index (χ1n) is 20.2. The van der Waals surface area contributed by atoms with Crippen LogP contribution in [0.2, 0.25) is 0 Å². The Balaban J connectivity index is 0.934. The summed E-state index contributed by atoms with van der Waals surface area (Å²) in [5.41, 5.74) is 12.7. The second kappa shape index (κ2) is 13.2. The van der Waals surface area contributed by atoms with E-state index < -0.39 is 0 Å². The Kier molecular flexibility index (Phi) is 7.61. The molecular formula is C55H38N2S. The number of hydrogen-bond acceptors (Lipinski definition) is 3.